The van der Waals surface area contributed by atoms with Crippen LogP contribution in [-0.2, 0) is 6.54 Å². The molecular weight excluding hydrogens is 300 g/mol. The van der Waals surface area contributed by atoms with Crippen LogP contribution < -0.4 is 5.32 Å². The van der Waals surface area contributed by atoms with Crippen molar-refractivity contribution in [2.75, 3.05) is 0 Å². The number of nitrogens with one attached hydrogen (secondary N) is 1. The van der Waals surface area contributed by atoms with E-state index in [9.17, 15) is 0 Å². The van der Waals surface area contributed by atoms with Gasteiger partial charge in [-0.15, -0.1) is 11.3 Å². The normalized spacial score (nSPS) is 12.7. The fraction of sp³-hybridized carbons (Fsp3) is 0.235. The molecule has 0 saturated carbocycles. The van der Waals surface area contributed by atoms with Gasteiger partial charge in [-0.2, -0.15) is 0 Å². The number of fused-ring (bicyclic) bond motifs is 1. The number of hydrogen-bond donors (Lipinski definition) is 1. The highest BCUT2D eigenvalue weighted by Crippen LogP contribution is 2.26. The molecule has 0 aliphatic carbocycles. The zero-order valence-corrected chi connectivity index (χ0v) is 13.4. The van der Waals surface area contributed by atoms with Crippen molar-refractivity contribution in [2.24, 2.45) is 0 Å². The maximum absolute atomic E-state index is 6.24. The molecule has 3 aromatic rings. The smallest absolute Gasteiger partial charge is 0.0761 e. The molecule has 2 nitrogen and oxygen atoms in total. The monoisotopic (exact) mass is 316 g/mol. The minimum atomic E-state index is 0.388. The lowest BCUT2D eigenvalue weighted by Gasteiger charge is -2.16. The summed E-state index contributed by atoms with van der Waals surface area (Å²) in [6, 6.07) is 12.6. The number of aromatic nitrogens is 1. The SMILES string of the molecule is CCC(NCc1ccc(Cl)c2cccnc12)c1cccs1. The quantitative estimate of drug-likeness (QED) is 0.700. The lowest BCUT2D eigenvalue weighted by Crippen LogP contribution is -2.19. The van der Waals surface area contributed by atoms with Crippen molar-refractivity contribution in [1.82, 2.24) is 10.3 Å². The Morgan fingerprint density at radius 2 is 2.14 bits per heavy atom. The van der Waals surface area contributed by atoms with E-state index in [1.54, 1.807) is 11.3 Å². The van der Waals surface area contributed by atoms with E-state index in [-0.39, 0.29) is 0 Å². The van der Waals surface area contributed by atoms with Gasteiger partial charge < -0.3 is 5.32 Å². The first-order valence-electron chi connectivity index (χ1n) is 7.08. The molecule has 3 rings (SSSR count). The van der Waals surface area contributed by atoms with Gasteiger partial charge in [0.1, 0.15) is 0 Å². The summed E-state index contributed by atoms with van der Waals surface area (Å²) in [5.74, 6) is 0. The topological polar surface area (TPSA) is 24.9 Å². The van der Waals surface area contributed by atoms with Crippen LogP contribution in [0.4, 0.5) is 0 Å². The van der Waals surface area contributed by atoms with Gasteiger partial charge in [0.05, 0.1) is 5.52 Å². The molecule has 1 unspecified atom stereocenters. The van der Waals surface area contributed by atoms with Gasteiger partial charge in [0, 0.05) is 34.1 Å². The molecule has 108 valence electrons. The second kappa shape index (κ2) is 6.56. The first-order chi connectivity index (χ1) is 10.3. The third kappa shape index (κ3) is 3.10. The molecule has 1 aromatic carbocycles. The highest BCUT2D eigenvalue weighted by Gasteiger charge is 2.11. The molecular formula is C17H17ClN2S. The summed E-state index contributed by atoms with van der Waals surface area (Å²) >= 11 is 8.04. The summed E-state index contributed by atoms with van der Waals surface area (Å²) in [5, 5.41) is 7.52. The summed E-state index contributed by atoms with van der Waals surface area (Å²) in [6.45, 7) is 3.00. The summed E-state index contributed by atoms with van der Waals surface area (Å²) in [6.07, 6.45) is 2.89. The number of hydrogen-bond acceptors (Lipinski definition) is 3. The molecule has 2 heterocycles. The van der Waals surface area contributed by atoms with Crippen molar-refractivity contribution in [2.45, 2.75) is 25.9 Å². The molecule has 0 aliphatic rings. The molecule has 4 heteroatoms. The molecule has 0 bridgehead atoms. The summed E-state index contributed by atoms with van der Waals surface area (Å²) in [7, 11) is 0. The minimum Gasteiger partial charge on any atom is -0.305 e. The summed E-state index contributed by atoms with van der Waals surface area (Å²) < 4.78 is 0. The highest BCUT2D eigenvalue weighted by molar-refractivity contribution is 7.10. The minimum absolute atomic E-state index is 0.388. The van der Waals surface area contributed by atoms with Crippen LogP contribution in [0.15, 0.2) is 48.0 Å². The van der Waals surface area contributed by atoms with E-state index in [1.165, 1.54) is 10.4 Å². The molecule has 0 spiro atoms. The van der Waals surface area contributed by atoms with E-state index in [4.69, 9.17) is 11.6 Å². The molecule has 0 amide bonds. The van der Waals surface area contributed by atoms with Crippen molar-refractivity contribution in [3.8, 4) is 0 Å². The third-order valence-electron chi connectivity index (χ3n) is 3.63. The summed E-state index contributed by atoms with van der Waals surface area (Å²) in [4.78, 5) is 5.87. The van der Waals surface area contributed by atoms with Gasteiger partial charge in [-0.3, -0.25) is 4.98 Å². The zero-order chi connectivity index (χ0) is 14.7. The van der Waals surface area contributed by atoms with Crippen molar-refractivity contribution < 1.29 is 0 Å². The second-order valence-electron chi connectivity index (χ2n) is 4.96. The molecule has 0 radical (unpaired) electrons. The van der Waals surface area contributed by atoms with Crippen LogP contribution in [0.1, 0.15) is 29.8 Å². The van der Waals surface area contributed by atoms with Crippen LogP contribution in [0.3, 0.4) is 0 Å². The maximum Gasteiger partial charge on any atom is 0.0761 e. The zero-order valence-electron chi connectivity index (χ0n) is 11.8. The fourth-order valence-electron chi connectivity index (χ4n) is 2.51. The standard InChI is InChI=1S/C17H17ClN2S/c1-2-15(16-6-4-10-21-16)20-11-12-7-8-14(18)13-5-3-9-19-17(12)13/h3-10,15,20H,2,11H2,1H3. The van der Waals surface area contributed by atoms with Crippen LogP contribution in [0.5, 0.6) is 0 Å². The molecule has 0 aliphatic heterocycles. The molecule has 0 fully saturated rings. The number of thiophene rings is 1. The lowest BCUT2D eigenvalue weighted by molar-refractivity contribution is 0.527. The number of rotatable bonds is 5. The van der Waals surface area contributed by atoms with Gasteiger partial charge in [-0.25, -0.2) is 0 Å². The Hall–Kier alpha value is -1.42. The average Bonchev–Trinajstić information content (AvgIpc) is 3.04. The van der Waals surface area contributed by atoms with E-state index in [1.807, 2.05) is 24.4 Å². The van der Waals surface area contributed by atoms with E-state index >= 15 is 0 Å². The molecule has 0 saturated heterocycles. The number of nitrogens with zero attached hydrogens (tertiary/aromatic N) is 1. The highest BCUT2D eigenvalue weighted by atomic mass is 35.5. The van der Waals surface area contributed by atoms with Crippen molar-refractivity contribution in [1.29, 1.82) is 0 Å². The Balaban J connectivity index is 1.84. The van der Waals surface area contributed by atoms with Crippen LogP contribution in [0, 0.1) is 0 Å². The van der Waals surface area contributed by atoms with Crippen molar-refractivity contribution in [3.63, 3.8) is 0 Å². The van der Waals surface area contributed by atoms with Gasteiger partial charge in [0.2, 0.25) is 0 Å². The van der Waals surface area contributed by atoms with Crippen LogP contribution >= 0.6 is 22.9 Å². The maximum atomic E-state index is 6.24. The Morgan fingerprint density at radius 1 is 1.24 bits per heavy atom. The van der Waals surface area contributed by atoms with Gasteiger partial charge in [-0.05, 0) is 41.6 Å². The Labute approximate surface area is 133 Å². The Bertz CT molecular complexity index is 725. The van der Waals surface area contributed by atoms with E-state index in [2.05, 4.69) is 40.8 Å². The largest absolute Gasteiger partial charge is 0.305 e. The number of pyridine rings is 1. The van der Waals surface area contributed by atoms with Crippen LogP contribution in [0.2, 0.25) is 5.02 Å². The Morgan fingerprint density at radius 3 is 2.90 bits per heavy atom. The molecule has 21 heavy (non-hydrogen) atoms. The first kappa shape index (κ1) is 14.5. The van der Waals surface area contributed by atoms with Crippen LogP contribution in [-0.4, -0.2) is 4.98 Å². The van der Waals surface area contributed by atoms with Gasteiger partial charge in [0.15, 0.2) is 0 Å². The van der Waals surface area contributed by atoms with E-state index in [0.29, 0.717) is 6.04 Å². The average molecular weight is 317 g/mol. The summed E-state index contributed by atoms with van der Waals surface area (Å²) in [5.41, 5.74) is 2.17. The van der Waals surface area contributed by atoms with Gasteiger partial charge >= 0.3 is 0 Å². The van der Waals surface area contributed by atoms with Gasteiger partial charge in [0.25, 0.3) is 0 Å². The van der Waals surface area contributed by atoms with Crippen molar-refractivity contribution in [3.05, 3.63) is 63.4 Å². The molecule has 2 aromatic heterocycles. The van der Waals surface area contributed by atoms with E-state index < -0.39 is 0 Å². The first-order valence-corrected chi connectivity index (χ1v) is 8.34. The van der Waals surface area contributed by atoms with E-state index in [0.717, 1.165) is 28.9 Å². The third-order valence-corrected chi connectivity index (χ3v) is 4.95. The second-order valence-corrected chi connectivity index (χ2v) is 6.35. The molecule has 1 atom stereocenters. The Kier molecular flexibility index (Phi) is 4.54. The lowest BCUT2D eigenvalue weighted by atomic mass is 10.1. The molecule has 1 N–H and O–H groups in total. The van der Waals surface area contributed by atoms with Crippen molar-refractivity contribution >= 4 is 33.8 Å². The predicted octanol–water partition coefficient (Wildman–Crippen LogP) is 5.19. The van der Waals surface area contributed by atoms with Gasteiger partial charge in [-0.1, -0.05) is 30.7 Å². The predicted molar refractivity (Wildman–Crippen MR) is 90.9 cm³/mol. The van der Waals surface area contributed by atoms with Crippen LogP contribution in [0.25, 0.3) is 10.9 Å². The number of halogens is 1. The number of benzene rings is 1. The fourth-order valence-corrected chi connectivity index (χ4v) is 3.61.